The standard InChI is InChI=1S/C16H19N3O2S/c1-4-20-16(21-5-2)12-6-8-19-13(10-12)14(11(3)18-19)15-17-7-9-22-15/h6-10,16H,4-5H2,1-3H3. The zero-order chi connectivity index (χ0) is 15.5. The van der Waals surface area contributed by atoms with Crippen molar-refractivity contribution in [2.45, 2.75) is 27.1 Å². The molecule has 0 atom stereocenters. The number of aromatic nitrogens is 3. The van der Waals surface area contributed by atoms with Gasteiger partial charge in [-0.2, -0.15) is 5.10 Å². The van der Waals surface area contributed by atoms with E-state index in [0.717, 1.165) is 27.3 Å². The summed E-state index contributed by atoms with van der Waals surface area (Å²) < 4.78 is 13.3. The van der Waals surface area contributed by atoms with E-state index in [2.05, 4.69) is 16.1 Å². The number of ether oxygens (including phenoxy) is 2. The topological polar surface area (TPSA) is 48.7 Å². The lowest BCUT2D eigenvalue weighted by molar-refractivity contribution is -0.140. The highest BCUT2D eigenvalue weighted by molar-refractivity contribution is 7.13. The van der Waals surface area contributed by atoms with Crippen molar-refractivity contribution in [1.82, 2.24) is 14.6 Å². The summed E-state index contributed by atoms with van der Waals surface area (Å²) in [5.74, 6) is 0. The minimum absolute atomic E-state index is 0.348. The first-order chi connectivity index (χ1) is 10.7. The molecule has 3 aromatic heterocycles. The van der Waals surface area contributed by atoms with Crippen molar-refractivity contribution < 1.29 is 9.47 Å². The van der Waals surface area contributed by atoms with Crippen LogP contribution in [-0.4, -0.2) is 27.8 Å². The first-order valence-corrected chi connectivity index (χ1v) is 8.24. The molecule has 0 aliphatic carbocycles. The largest absolute Gasteiger partial charge is 0.349 e. The van der Waals surface area contributed by atoms with E-state index in [1.807, 2.05) is 49.1 Å². The first kappa shape index (κ1) is 15.1. The van der Waals surface area contributed by atoms with Crippen LogP contribution in [0.5, 0.6) is 0 Å². The SMILES string of the molecule is CCOC(OCC)c1ccn2nc(C)c(-c3nccs3)c2c1. The van der Waals surface area contributed by atoms with E-state index in [1.165, 1.54) is 0 Å². The van der Waals surface area contributed by atoms with Gasteiger partial charge in [0, 0.05) is 36.6 Å². The average Bonchev–Trinajstić information content (AvgIpc) is 3.12. The van der Waals surface area contributed by atoms with Crippen molar-refractivity contribution >= 4 is 16.9 Å². The van der Waals surface area contributed by atoms with Gasteiger partial charge >= 0.3 is 0 Å². The Morgan fingerprint density at radius 2 is 2.05 bits per heavy atom. The zero-order valence-corrected chi connectivity index (χ0v) is 13.8. The van der Waals surface area contributed by atoms with Gasteiger partial charge in [0.25, 0.3) is 0 Å². The molecule has 0 spiro atoms. The van der Waals surface area contributed by atoms with E-state index in [0.29, 0.717) is 13.2 Å². The fourth-order valence-electron chi connectivity index (χ4n) is 2.48. The number of hydrogen-bond acceptors (Lipinski definition) is 5. The van der Waals surface area contributed by atoms with Crippen molar-refractivity contribution in [3.63, 3.8) is 0 Å². The summed E-state index contributed by atoms with van der Waals surface area (Å²) in [6.45, 7) is 7.15. The van der Waals surface area contributed by atoms with Gasteiger partial charge in [0.1, 0.15) is 5.01 Å². The Kier molecular flexibility index (Phi) is 4.52. The number of aryl methyl sites for hydroxylation is 1. The Balaban J connectivity index is 2.10. The maximum Gasteiger partial charge on any atom is 0.183 e. The van der Waals surface area contributed by atoms with Crippen LogP contribution < -0.4 is 0 Å². The minimum Gasteiger partial charge on any atom is -0.349 e. The molecule has 0 saturated heterocycles. The van der Waals surface area contributed by atoms with E-state index in [4.69, 9.17) is 9.47 Å². The van der Waals surface area contributed by atoms with E-state index < -0.39 is 0 Å². The van der Waals surface area contributed by atoms with Gasteiger partial charge in [0.05, 0.1) is 16.8 Å². The molecule has 0 aliphatic heterocycles. The van der Waals surface area contributed by atoms with Gasteiger partial charge in [0.2, 0.25) is 0 Å². The third-order valence-corrected chi connectivity index (χ3v) is 4.18. The van der Waals surface area contributed by atoms with E-state index >= 15 is 0 Å². The molecule has 0 bridgehead atoms. The van der Waals surface area contributed by atoms with Crippen molar-refractivity contribution in [3.05, 3.63) is 41.2 Å². The van der Waals surface area contributed by atoms with Gasteiger partial charge in [-0.05, 0) is 32.9 Å². The maximum absolute atomic E-state index is 5.69. The van der Waals surface area contributed by atoms with E-state index in [9.17, 15) is 0 Å². The molecule has 3 rings (SSSR count). The molecule has 0 radical (unpaired) electrons. The van der Waals surface area contributed by atoms with Crippen molar-refractivity contribution in [3.8, 4) is 10.6 Å². The molecule has 0 fully saturated rings. The third-order valence-electron chi connectivity index (χ3n) is 3.39. The Hall–Kier alpha value is -1.76. The second-order valence-corrected chi connectivity index (χ2v) is 5.72. The lowest BCUT2D eigenvalue weighted by Crippen LogP contribution is -2.09. The highest BCUT2D eigenvalue weighted by Crippen LogP contribution is 2.31. The van der Waals surface area contributed by atoms with E-state index in [-0.39, 0.29) is 6.29 Å². The Morgan fingerprint density at radius 1 is 1.27 bits per heavy atom. The van der Waals surface area contributed by atoms with Crippen molar-refractivity contribution in [2.75, 3.05) is 13.2 Å². The van der Waals surface area contributed by atoms with Crippen molar-refractivity contribution in [1.29, 1.82) is 0 Å². The number of fused-ring (bicyclic) bond motifs is 1. The molecule has 0 unspecified atom stereocenters. The van der Waals surface area contributed by atoms with Crippen LogP contribution in [0.4, 0.5) is 0 Å². The van der Waals surface area contributed by atoms with E-state index in [1.54, 1.807) is 11.3 Å². The van der Waals surface area contributed by atoms with Gasteiger partial charge in [-0.15, -0.1) is 11.3 Å². The predicted octanol–water partition coefficient (Wildman–Crippen LogP) is 3.84. The van der Waals surface area contributed by atoms with Crippen LogP contribution in [0.1, 0.15) is 31.4 Å². The van der Waals surface area contributed by atoms with Gasteiger partial charge in [-0.3, -0.25) is 0 Å². The number of nitrogens with zero attached hydrogens (tertiary/aromatic N) is 3. The van der Waals surface area contributed by atoms with Crippen LogP contribution in [-0.2, 0) is 9.47 Å². The Morgan fingerprint density at radius 3 is 2.68 bits per heavy atom. The normalized spacial score (nSPS) is 11.6. The van der Waals surface area contributed by atoms with Gasteiger partial charge in [-0.25, -0.2) is 9.50 Å². The smallest absolute Gasteiger partial charge is 0.183 e. The van der Waals surface area contributed by atoms with Gasteiger partial charge in [0.15, 0.2) is 6.29 Å². The molecule has 3 aromatic rings. The summed E-state index contributed by atoms with van der Waals surface area (Å²) in [6, 6.07) is 4.06. The molecule has 6 heteroatoms. The minimum atomic E-state index is -0.348. The molecule has 5 nitrogen and oxygen atoms in total. The molecule has 0 aliphatic rings. The fraction of sp³-hybridized carbons (Fsp3) is 0.375. The Labute approximate surface area is 133 Å². The second-order valence-electron chi connectivity index (χ2n) is 4.83. The molecule has 0 N–H and O–H groups in total. The lowest BCUT2D eigenvalue weighted by atomic mass is 10.1. The summed E-state index contributed by atoms with van der Waals surface area (Å²) in [6.07, 6.45) is 3.41. The van der Waals surface area contributed by atoms with Crippen LogP contribution in [0.3, 0.4) is 0 Å². The molecule has 116 valence electrons. The molecular formula is C16H19N3O2S. The third kappa shape index (κ3) is 2.77. The molecule has 0 aromatic carbocycles. The van der Waals surface area contributed by atoms with Crippen LogP contribution in [0.25, 0.3) is 16.1 Å². The van der Waals surface area contributed by atoms with Crippen LogP contribution >= 0.6 is 11.3 Å². The van der Waals surface area contributed by atoms with Crippen LogP contribution in [0.15, 0.2) is 29.9 Å². The van der Waals surface area contributed by atoms with Crippen LogP contribution in [0.2, 0.25) is 0 Å². The lowest BCUT2D eigenvalue weighted by Gasteiger charge is -2.17. The number of rotatable bonds is 6. The number of hydrogen-bond donors (Lipinski definition) is 0. The molecule has 22 heavy (non-hydrogen) atoms. The summed E-state index contributed by atoms with van der Waals surface area (Å²) in [5, 5.41) is 7.52. The zero-order valence-electron chi connectivity index (χ0n) is 12.9. The fourth-order valence-corrected chi connectivity index (χ4v) is 3.22. The maximum atomic E-state index is 5.69. The highest BCUT2D eigenvalue weighted by atomic mass is 32.1. The highest BCUT2D eigenvalue weighted by Gasteiger charge is 2.17. The Bertz CT molecular complexity index is 746. The first-order valence-electron chi connectivity index (χ1n) is 7.36. The molecular weight excluding hydrogens is 298 g/mol. The number of pyridine rings is 1. The van der Waals surface area contributed by atoms with Gasteiger partial charge in [-0.1, -0.05) is 0 Å². The molecule has 3 heterocycles. The average molecular weight is 317 g/mol. The second kappa shape index (κ2) is 6.56. The van der Waals surface area contributed by atoms with Crippen molar-refractivity contribution in [2.24, 2.45) is 0 Å². The summed E-state index contributed by atoms with van der Waals surface area (Å²) in [7, 11) is 0. The van der Waals surface area contributed by atoms with Gasteiger partial charge < -0.3 is 9.47 Å². The number of thiazole rings is 1. The summed E-state index contributed by atoms with van der Waals surface area (Å²) in [4.78, 5) is 4.42. The quantitative estimate of drug-likeness (QED) is 0.648. The monoisotopic (exact) mass is 317 g/mol. The molecule has 0 saturated carbocycles. The summed E-state index contributed by atoms with van der Waals surface area (Å²) >= 11 is 1.62. The predicted molar refractivity (Wildman–Crippen MR) is 87.0 cm³/mol. The molecule has 0 amide bonds. The summed E-state index contributed by atoms with van der Waals surface area (Å²) in [5.41, 5.74) is 4.06. The van der Waals surface area contributed by atoms with Crippen LogP contribution in [0, 0.1) is 6.92 Å².